The zero-order valence-electron chi connectivity index (χ0n) is 10.9. The molecule has 1 aliphatic rings. The molecule has 5 nitrogen and oxygen atoms in total. The van der Waals surface area contributed by atoms with Gasteiger partial charge in [0.15, 0.2) is 11.6 Å². The van der Waals surface area contributed by atoms with Crippen LogP contribution in [0.1, 0.15) is 0 Å². The number of carbonyl (C=O) groups excluding carboxylic acids is 1. The van der Waals surface area contributed by atoms with Crippen LogP contribution in [0.3, 0.4) is 0 Å². The number of halogens is 2. The van der Waals surface area contributed by atoms with Gasteiger partial charge in [-0.25, -0.2) is 9.37 Å². The Balaban J connectivity index is 2.31. The fourth-order valence-corrected chi connectivity index (χ4v) is 2.24. The SMILES string of the molecule is CN(C)C(=O)C1CNCCN1c1ncc(Cl)cc1F. The van der Waals surface area contributed by atoms with Gasteiger partial charge in [-0.15, -0.1) is 0 Å². The van der Waals surface area contributed by atoms with Crippen LogP contribution in [0.5, 0.6) is 0 Å². The second-order valence-electron chi connectivity index (χ2n) is 4.60. The first-order valence-electron chi connectivity index (χ1n) is 6.00. The number of hydrogen-bond acceptors (Lipinski definition) is 4. The molecular formula is C12H16ClFN4O. The van der Waals surface area contributed by atoms with Crippen LogP contribution >= 0.6 is 11.6 Å². The Bertz CT molecular complexity index is 483. The molecule has 0 saturated carbocycles. The number of nitrogens with one attached hydrogen (secondary N) is 1. The normalized spacial score (nSPS) is 19.4. The maximum atomic E-state index is 13.9. The Morgan fingerprint density at radius 3 is 3.00 bits per heavy atom. The van der Waals surface area contributed by atoms with Crippen LogP contribution in [0.15, 0.2) is 12.3 Å². The third-order valence-corrected chi connectivity index (χ3v) is 3.24. The Kier molecular flexibility index (Phi) is 4.21. The Morgan fingerprint density at radius 1 is 1.63 bits per heavy atom. The van der Waals surface area contributed by atoms with Crippen molar-refractivity contribution in [3.8, 4) is 0 Å². The summed E-state index contributed by atoms with van der Waals surface area (Å²) in [6, 6.07) is 0.760. The molecule has 1 aromatic rings. The van der Waals surface area contributed by atoms with Crippen molar-refractivity contribution < 1.29 is 9.18 Å². The van der Waals surface area contributed by atoms with E-state index in [1.807, 2.05) is 0 Å². The second-order valence-corrected chi connectivity index (χ2v) is 5.04. The minimum Gasteiger partial charge on any atom is -0.347 e. The van der Waals surface area contributed by atoms with Crippen LogP contribution in [-0.2, 0) is 4.79 Å². The summed E-state index contributed by atoms with van der Waals surface area (Å²) in [5.74, 6) is -0.416. The van der Waals surface area contributed by atoms with Crippen molar-refractivity contribution in [2.24, 2.45) is 0 Å². The first-order chi connectivity index (χ1) is 9.00. The molecule has 2 heterocycles. The van der Waals surface area contributed by atoms with E-state index in [1.165, 1.54) is 17.2 Å². The summed E-state index contributed by atoms with van der Waals surface area (Å²) in [7, 11) is 3.36. The van der Waals surface area contributed by atoms with E-state index in [1.54, 1.807) is 19.0 Å². The number of likely N-dealkylation sites (N-methyl/N-ethyl adjacent to an activating group) is 1. The molecule has 1 fully saturated rings. The lowest BCUT2D eigenvalue weighted by atomic mass is 10.1. The van der Waals surface area contributed by atoms with Crippen LogP contribution in [0.2, 0.25) is 5.02 Å². The van der Waals surface area contributed by atoms with Gasteiger partial charge in [-0.05, 0) is 6.07 Å². The molecule has 0 radical (unpaired) electrons. The zero-order valence-corrected chi connectivity index (χ0v) is 11.6. The van der Waals surface area contributed by atoms with Gasteiger partial charge in [-0.2, -0.15) is 0 Å². The summed E-state index contributed by atoms with van der Waals surface area (Å²) >= 11 is 5.70. The van der Waals surface area contributed by atoms with Gasteiger partial charge < -0.3 is 15.1 Å². The minimum atomic E-state index is -0.508. The minimum absolute atomic E-state index is 0.0802. The van der Waals surface area contributed by atoms with Crippen molar-refractivity contribution >= 4 is 23.3 Å². The number of hydrogen-bond donors (Lipinski definition) is 1. The maximum absolute atomic E-state index is 13.9. The molecule has 104 valence electrons. The van der Waals surface area contributed by atoms with Crippen molar-refractivity contribution in [3.63, 3.8) is 0 Å². The van der Waals surface area contributed by atoms with E-state index in [9.17, 15) is 9.18 Å². The molecule has 1 atom stereocenters. The highest BCUT2D eigenvalue weighted by molar-refractivity contribution is 6.30. The topological polar surface area (TPSA) is 48.5 Å². The lowest BCUT2D eigenvalue weighted by Crippen LogP contribution is -2.58. The molecule has 1 N–H and O–H groups in total. The molecule has 0 aromatic carbocycles. The molecule has 19 heavy (non-hydrogen) atoms. The Labute approximate surface area is 116 Å². The number of pyridine rings is 1. The average molecular weight is 287 g/mol. The van der Waals surface area contributed by atoms with Crippen molar-refractivity contribution in [3.05, 3.63) is 23.1 Å². The monoisotopic (exact) mass is 286 g/mol. The van der Waals surface area contributed by atoms with Gasteiger partial charge in [0, 0.05) is 39.9 Å². The molecule has 1 aromatic heterocycles. The predicted molar refractivity (Wildman–Crippen MR) is 71.9 cm³/mol. The quantitative estimate of drug-likeness (QED) is 0.871. The summed E-state index contributed by atoms with van der Waals surface area (Å²) in [6.07, 6.45) is 1.39. The van der Waals surface area contributed by atoms with Crippen LogP contribution in [0.4, 0.5) is 10.2 Å². The molecule has 0 spiro atoms. The van der Waals surface area contributed by atoms with Crippen LogP contribution in [-0.4, -0.2) is 55.6 Å². The number of anilines is 1. The number of piperazine rings is 1. The van der Waals surface area contributed by atoms with Crippen LogP contribution in [0, 0.1) is 5.82 Å². The molecule has 1 unspecified atom stereocenters. The van der Waals surface area contributed by atoms with Crippen LogP contribution in [0.25, 0.3) is 0 Å². The maximum Gasteiger partial charge on any atom is 0.246 e. The summed E-state index contributed by atoms with van der Waals surface area (Å²) in [5.41, 5.74) is 0. The van der Waals surface area contributed by atoms with Crippen molar-refractivity contribution in [1.29, 1.82) is 0 Å². The smallest absolute Gasteiger partial charge is 0.246 e. The fraction of sp³-hybridized carbons (Fsp3) is 0.500. The fourth-order valence-electron chi connectivity index (χ4n) is 2.10. The van der Waals surface area contributed by atoms with Gasteiger partial charge in [0.05, 0.1) is 5.02 Å². The largest absolute Gasteiger partial charge is 0.347 e. The first kappa shape index (κ1) is 14.0. The van der Waals surface area contributed by atoms with E-state index < -0.39 is 11.9 Å². The molecule has 1 aliphatic heterocycles. The second kappa shape index (κ2) is 5.71. The number of amides is 1. The lowest BCUT2D eigenvalue weighted by Gasteiger charge is -2.37. The molecular weight excluding hydrogens is 271 g/mol. The Morgan fingerprint density at radius 2 is 2.37 bits per heavy atom. The third-order valence-electron chi connectivity index (χ3n) is 3.03. The summed E-state index contributed by atoms with van der Waals surface area (Å²) in [4.78, 5) is 19.3. The third kappa shape index (κ3) is 2.96. The van der Waals surface area contributed by atoms with E-state index in [0.29, 0.717) is 19.6 Å². The zero-order chi connectivity index (χ0) is 14.0. The number of carbonyl (C=O) groups is 1. The van der Waals surface area contributed by atoms with Crippen molar-refractivity contribution in [2.45, 2.75) is 6.04 Å². The van der Waals surface area contributed by atoms with Gasteiger partial charge in [-0.1, -0.05) is 11.6 Å². The summed E-state index contributed by atoms with van der Waals surface area (Å²) < 4.78 is 13.9. The molecule has 1 amide bonds. The van der Waals surface area contributed by atoms with Gasteiger partial charge in [0.2, 0.25) is 5.91 Å². The molecule has 0 bridgehead atoms. The van der Waals surface area contributed by atoms with E-state index in [-0.39, 0.29) is 16.7 Å². The lowest BCUT2D eigenvalue weighted by molar-refractivity contribution is -0.130. The molecule has 2 rings (SSSR count). The Hall–Kier alpha value is -1.40. The van der Waals surface area contributed by atoms with Gasteiger partial charge in [-0.3, -0.25) is 4.79 Å². The van der Waals surface area contributed by atoms with Gasteiger partial charge in [0.1, 0.15) is 6.04 Å². The summed E-state index contributed by atoms with van der Waals surface area (Å²) in [5, 5.41) is 3.38. The van der Waals surface area contributed by atoms with Crippen LogP contribution < -0.4 is 10.2 Å². The van der Waals surface area contributed by atoms with Crippen molar-refractivity contribution in [2.75, 3.05) is 38.6 Å². The highest BCUT2D eigenvalue weighted by atomic mass is 35.5. The predicted octanol–water partition coefficient (Wildman–Crippen LogP) is 0.740. The molecule has 0 aliphatic carbocycles. The average Bonchev–Trinajstić information content (AvgIpc) is 2.38. The number of aromatic nitrogens is 1. The van der Waals surface area contributed by atoms with Gasteiger partial charge >= 0.3 is 0 Å². The van der Waals surface area contributed by atoms with Crippen molar-refractivity contribution in [1.82, 2.24) is 15.2 Å². The first-order valence-corrected chi connectivity index (χ1v) is 6.38. The summed E-state index contributed by atoms with van der Waals surface area (Å²) in [6.45, 7) is 1.68. The van der Waals surface area contributed by atoms with E-state index in [0.717, 1.165) is 0 Å². The standard InChI is InChI=1S/C12H16ClFN4O/c1-17(2)12(19)10-7-15-3-4-18(10)11-9(14)5-8(13)6-16-11/h5-6,10,15H,3-4,7H2,1-2H3. The molecule has 1 saturated heterocycles. The highest BCUT2D eigenvalue weighted by Crippen LogP contribution is 2.22. The number of nitrogens with zero attached hydrogens (tertiary/aromatic N) is 3. The van der Waals surface area contributed by atoms with Gasteiger partial charge in [0.25, 0.3) is 0 Å². The highest BCUT2D eigenvalue weighted by Gasteiger charge is 2.32. The number of rotatable bonds is 2. The van der Waals surface area contributed by atoms with E-state index in [2.05, 4.69) is 10.3 Å². The van der Waals surface area contributed by atoms with E-state index >= 15 is 0 Å². The van der Waals surface area contributed by atoms with E-state index in [4.69, 9.17) is 11.6 Å². The molecule has 7 heteroatoms.